The van der Waals surface area contributed by atoms with Crippen molar-refractivity contribution in [1.82, 2.24) is 15.1 Å². The average Bonchev–Trinajstić information content (AvgIpc) is 2.96. The maximum absolute atomic E-state index is 13.7. The van der Waals surface area contributed by atoms with Gasteiger partial charge in [-0.2, -0.15) is 0 Å². The quantitative estimate of drug-likeness (QED) is 0.413. The van der Waals surface area contributed by atoms with Crippen molar-refractivity contribution in [3.8, 4) is 12.3 Å². The summed E-state index contributed by atoms with van der Waals surface area (Å²) in [6, 6.07) is 17.8. The third kappa shape index (κ3) is 6.59. The Labute approximate surface area is 231 Å². The Morgan fingerprint density at radius 1 is 1.00 bits per heavy atom. The summed E-state index contributed by atoms with van der Waals surface area (Å²) in [5.74, 6) is 0.998. The predicted octanol–water partition coefficient (Wildman–Crippen LogP) is 3.83. The summed E-state index contributed by atoms with van der Waals surface area (Å²) in [4.78, 5) is 31.2. The summed E-state index contributed by atoms with van der Waals surface area (Å²) >= 11 is 0. The van der Waals surface area contributed by atoms with Gasteiger partial charge in [0.05, 0.1) is 24.2 Å². The zero-order valence-corrected chi connectivity index (χ0v) is 23.2. The van der Waals surface area contributed by atoms with Crippen LogP contribution in [-0.4, -0.2) is 67.8 Å². The van der Waals surface area contributed by atoms with Gasteiger partial charge in [0.15, 0.2) is 6.23 Å². The number of ether oxygens (including phenoxy) is 2. The smallest absolute Gasteiger partial charge is 0.338 e. The molecule has 2 heterocycles. The van der Waals surface area contributed by atoms with Crippen molar-refractivity contribution in [1.29, 1.82) is 0 Å². The zero-order valence-electron chi connectivity index (χ0n) is 23.2. The number of rotatable bonds is 8. The van der Waals surface area contributed by atoms with Gasteiger partial charge in [0.1, 0.15) is 0 Å². The lowest BCUT2D eigenvalue weighted by Crippen LogP contribution is -2.51. The molecule has 1 fully saturated rings. The van der Waals surface area contributed by atoms with Gasteiger partial charge < -0.3 is 19.7 Å². The first kappa shape index (κ1) is 28.2. The normalized spacial score (nSPS) is 19.2. The van der Waals surface area contributed by atoms with E-state index in [2.05, 4.69) is 45.3 Å². The number of carbonyl (C=O) groups excluding carboxylic acids is 2. The summed E-state index contributed by atoms with van der Waals surface area (Å²) in [6.07, 6.45) is 6.25. The Morgan fingerprint density at radius 3 is 2.31 bits per heavy atom. The SMILES string of the molecule is C#Cc1cccc(C2C(C(=O)OC)=C(C)NC(C)=C2C(=O)OC(C)N2CCN(CCc3ccccc3)CC2)c1. The van der Waals surface area contributed by atoms with Crippen molar-refractivity contribution in [2.24, 2.45) is 0 Å². The summed E-state index contributed by atoms with van der Waals surface area (Å²) in [6.45, 7) is 9.96. The monoisotopic (exact) mass is 527 g/mol. The number of allylic oxidation sites excluding steroid dienone is 2. The lowest BCUT2D eigenvalue weighted by Gasteiger charge is -2.38. The Bertz CT molecular complexity index is 1300. The minimum atomic E-state index is -0.665. The number of carbonyl (C=O) groups is 2. The standard InChI is InChI=1S/C32H37N3O4/c1-6-25-13-10-14-27(21-25)30-28(31(36)38-5)22(2)33-23(3)29(30)32(37)39-24(4)35-19-17-34(18-20-35)16-15-26-11-8-7-9-12-26/h1,7-14,21,24,30,33H,15-20H2,2-5H3. The summed E-state index contributed by atoms with van der Waals surface area (Å²) < 4.78 is 11.1. The maximum atomic E-state index is 13.7. The van der Waals surface area contributed by atoms with Crippen LogP contribution in [0.4, 0.5) is 0 Å². The lowest BCUT2D eigenvalue weighted by molar-refractivity contribution is -0.154. The van der Waals surface area contributed by atoms with Crippen molar-refractivity contribution in [3.63, 3.8) is 0 Å². The number of hydrogen-bond acceptors (Lipinski definition) is 7. The van der Waals surface area contributed by atoms with E-state index in [1.54, 1.807) is 6.92 Å². The number of benzene rings is 2. The van der Waals surface area contributed by atoms with Crippen LogP contribution in [0.3, 0.4) is 0 Å². The summed E-state index contributed by atoms with van der Waals surface area (Å²) in [7, 11) is 1.34. The van der Waals surface area contributed by atoms with Crippen LogP contribution in [0.2, 0.25) is 0 Å². The molecule has 2 aromatic carbocycles. The van der Waals surface area contributed by atoms with Crippen LogP contribution in [0.25, 0.3) is 0 Å². The van der Waals surface area contributed by atoms with E-state index in [1.165, 1.54) is 12.7 Å². The molecule has 0 bridgehead atoms. The van der Waals surface area contributed by atoms with Crippen LogP contribution in [-0.2, 0) is 25.5 Å². The molecule has 2 aliphatic heterocycles. The molecule has 2 atom stereocenters. The molecular weight excluding hydrogens is 490 g/mol. The lowest BCUT2D eigenvalue weighted by atomic mass is 9.80. The molecule has 2 unspecified atom stereocenters. The van der Waals surface area contributed by atoms with E-state index in [0.717, 1.165) is 44.7 Å². The van der Waals surface area contributed by atoms with Gasteiger partial charge in [-0.3, -0.25) is 4.90 Å². The summed E-state index contributed by atoms with van der Waals surface area (Å²) in [5, 5.41) is 3.19. The minimum absolute atomic E-state index is 0.365. The highest BCUT2D eigenvalue weighted by Gasteiger charge is 2.38. The van der Waals surface area contributed by atoms with Crippen molar-refractivity contribution >= 4 is 11.9 Å². The number of terminal acetylenes is 1. The van der Waals surface area contributed by atoms with Crippen molar-refractivity contribution in [2.45, 2.75) is 39.3 Å². The number of piperazine rings is 1. The second-order valence-corrected chi connectivity index (χ2v) is 10.0. The van der Waals surface area contributed by atoms with Crippen LogP contribution >= 0.6 is 0 Å². The first-order valence-electron chi connectivity index (χ1n) is 13.4. The fraction of sp³-hybridized carbons (Fsp3) is 0.375. The number of nitrogens with zero attached hydrogens (tertiary/aromatic N) is 2. The fourth-order valence-electron chi connectivity index (χ4n) is 5.36. The molecule has 2 aromatic rings. The molecule has 0 radical (unpaired) electrons. The van der Waals surface area contributed by atoms with Gasteiger partial charge in [-0.25, -0.2) is 9.59 Å². The van der Waals surface area contributed by atoms with Gasteiger partial charge in [-0.1, -0.05) is 48.4 Å². The first-order valence-corrected chi connectivity index (χ1v) is 13.4. The van der Waals surface area contributed by atoms with E-state index in [9.17, 15) is 9.59 Å². The maximum Gasteiger partial charge on any atom is 0.338 e. The Morgan fingerprint density at radius 2 is 1.67 bits per heavy atom. The van der Waals surface area contributed by atoms with Gasteiger partial charge in [-0.15, -0.1) is 6.42 Å². The third-order valence-corrected chi connectivity index (χ3v) is 7.53. The molecule has 204 valence electrons. The highest BCUT2D eigenvalue weighted by molar-refractivity contribution is 5.99. The van der Waals surface area contributed by atoms with Gasteiger partial charge in [0.2, 0.25) is 0 Å². The van der Waals surface area contributed by atoms with E-state index >= 15 is 0 Å². The second-order valence-electron chi connectivity index (χ2n) is 10.0. The van der Waals surface area contributed by atoms with E-state index in [-0.39, 0.29) is 0 Å². The molecule has 0 saturated carbocycles. The highest BCUT2D eigenvalue weighted by Crippen LogP contribution is 2.39. The Kier molecular flexibility index (Phi) is 9.23. The minimum Gasteiger partial charge on any atom is -0.466 e. The van der Waals surface area contributed by atoms with Gasteiger partial charge in [0, 0.05) is 49.7 Å². The molecule has 2 aliphatic rings. The summed E-state index contributed by atoms with van der Waals surface area (Å²) in [5.41, 5.74) is 4.75. The zero-order chi connectivity index (χ0) is 27.9. The molecule has 1 N–H and O–H groups in total. The third-order valence-electron chi connectivity index (χ3n) is 7.53. The van der Waals surface area contributed by atoms with E-state index < -0.39 is 24.1 Å². The topological polar surface area (TPSA) is 71.1 Å². The number of dihydropyridines is 1. The van der Waals surface area contributed by atoms with E-state index in [4.69, 9.17) is 15.9 Å². The van der Waals surface area contributed by atoms with E-state index in [1.807, 2.05) is 44.2 Å². The van der Waals surface area contributed by atoms with Gasteiger partial charge in [0.25, 0.3) is 0 Å². The Balaban J connectivity index is 1.46. The number of esters is 2. The second kappa shape index (κ2) is 12.8. The molecular formula is C32H37N3O4. The van der Waals surface area contributed by atoms with Crippen LogP contribution < -0.4 is 5.32 Å². The molecule has 39 heavy (non-hydrogen) atoms. The molecule has 0 aliphatic carbocycles. The number of methoxy groups -OCH3 is 1. The van der Waals surface area contributed by atoms with Crippen molar-refractivity contribution < 1.29 is 19.1 Å². The van der Waals surface area contributed by atoms with Crippen LogP contribution in [0.5, 0.6) is 0 Å². The van der Waals surface area contributed by atoms with Crippen molar-refractivity contribution in [2.75, 3.05) is 39.8 Å². The largest absolute Gasteiger partial charge is 0.466 e. The highest BCUT2D eigenvalue weighted by atomic mass is 16.6. The molecule has 4 rings (SSSR count). The number of nitrogens with one attached hydrogen (secondary N) is 1. The molecule has 1 saturated heterocycles. The number of hydrogen-bond donors (Lipinski definition) is 1. The van der Waals surface area contributed by atoms with Crippen LogP contribution in [0, 0.1) is 12.3 Å². The fourth-order valence-corrected chi connectivity index (χ4v) is 5.36. The average molecular weight is 528 g/mol. The molecule has 7 heteroatoms. The van der Waals surface area contributed by atoms with Crippen LogP contribution in [0.1, 0.15) is 43.4 Å². The molecule has 0 aromatic heterocycles. The molecule has 0 amide bonds. The first-order chi connectivity index (χ1) is 18.8. The molecule has 7 nitrogen and oxygen atoms in total. The van der Waals surface area contributed by atoms with E-state index in [0.29, 0.717) is 28.1 Å². The Hall–Kier alpha value is -3.86. The predicted molar refractivity (Wildman–Crippen MR) is 151 cm³/mol. The van der Waals surface area contributed by atoms with Crippen LogP contribution in [0.15, 0.2) is 77.1 Å². The van der Waals surface area contributed by atoms with Gasteiger partial charge >= 0.3 is 11.9 Å². The van der Waals surface area contributed by atoms with Crippen molar-refractivity contribution in [3.05, 3.63) is 93.8 Å². The molecule has 0 spiro atoms. The van der Waals surface area contributed by atoms with Gasteiger partial charge in [-0.05, 0) is 50.5 Å².